The Morgan fingerprint density at radius 3 is 1.84 bits per heavy atom. The van der Waals surface area contributed by atoms with Crippen LogP contribution in [0.1, 0.15) is 0 Å². The summed E-state index contributed by atoms with van der Waals surface area (Å²) in [6, 6.07) is 56.2. The number of thiophene rings is 1. The first-order valence-electron chi connectivity index (χ1n) is 15.1. The zero-order valence-corrected chi connectivity index (χ0v) is 25.2. The van der Waals surface area contributed by atoms with Gasteiger partial charge < -0.3 is 4.90 Å². The first kappa shape index (κ1) is 25.8. The lowest BCUT2D eigenvalue weighted by Crippen LogP contribution is -2.09. The molecular weight excluding hydrogens is 567 g/mol. The fourth-order valence-electron chi connectivity index (χ4n) is 6.58. The van der Waals surface area contributed by atoms with E-state index < -0.39 is 0 Å². The predicted molar refractivity (Wildman–Crippen MR) is 192 cm³/mol. The Kier molecular flexibility index (Phi) is 6.00. The van der Waals surface area contributed by atoms with Crippen molar-refractivity contribution in [3.05, 3.63) is 164 Å². The van der Waals surface area contributed by atoms with Crippen molar-refractivity contribution in [1.82, 2.24) is 9.55 Å². The number of anilines is 3. The summed E-state index contributed by atoms with van der Waals surface area (Å²) in [6.45, 7) is 0. The van der Waals surface area contributed by atoms with Crippen molar-refractivity contribution in [2.75, 3.05) is 4.90 Å². The number of fused-ring (bicyclic) bond motifs is 7. The summed E-state index contributed by atoms with van der Waals surface area (Å²) in [6.07, 6.45) is 1.97. The van der Waals surface area contributed by atoms with Gasteiger partial charge >= 0.3 is 0 Å². The molecule has 0 saturated heterocycles. The highest BCUT2D eigenvalue weighted by atomic mass is 32.1. The lowest BCUT2D eigenvalue weighted by atomic mass is 9.95. The summed E-state index contributed by atoms with van der Waals surface area (Å²) in [5.41, 5.74) is 8.98. The number of hydrogen-bond acceptors (Lipinski definition) is 3. The Balaban J connectivity index is 1.28. The van der Waals surface area contributed by atoms with E-state index in [1.54, 1.807) is 0 Å². The number of aromatic nitrogens is 2. The van der Waals surface area contributed by atoms with E-state index in [1.807, 2.05) is 17.7 Å². The first-order chi connectivity index (χ1) is 22.3. The van der Waals surface area contributed by atoms with Gasteiger partial charge in [-0.3, -0.25) is 4.57 Å². The van der Waals surface area contributed by atoms with E-state index in [9.17, 15) is 0 Å². The third kappa shape index (κ3) is 4.22. The van der Waals surface area contributed by atoms with Gasteiger partial charge in [0.05, 0.1) is 11.0 Å². The average Bonchev–Trinajstić information content (AvgIpc) is 3.71. The number of benzene rings is 7. The minimum Gasteiger partial charge on any atom is -0.311 e. The smallest absolute Gasteiger partial charge is 0.100 e. The van der Waals surface area contributed by atoms with Crippen LogP contribution in [0.3, 0.4) is 0 Å². The Bertz CT molecular complexity index is 2420. The highest BCUT2D eigenvalue weighted by molar-refractivity contribution is 7.26. The number of rotatable bonds is 5. The van der Waals surface area contributed by atoms with E-state index in [0.29, 0.717) is 0 Å². The molecule has 3 nitrogen and oxygen atoms in total. The maximum atomic E-state index is 5.05. The fourth-order valence-corrected chi connectivity index (χ4v) is 7.83. The summed E-state index contributed by atoms with van der Waals surface area (Å²) in [4.78, 5) is 7.35. The average molecular weight is 594 g/mol. The molecule has 0 saturated carbocycles. The molecule has 9 aromatic rings. The molecule has 0 N–H and O–H groups in total. The van der Waals surface area contributed by atoms with Crippen molar-refractivity contribution in [1.29, 1.82) is 0 Å². The molecule has 0 fully saturated rings. The van der Waals surface area contributed by atoms with Gasteiger partial charge in [0.1, 0.15) is 6.33 Å². The molecule has 7 aromatic carbocycles. The van der Waals surface area contributed by atoms with Crippen molar-refractivity contribution < 1.29 is 0 Å². The Morgan fingerprint density at radius 2 is 1.13 bits per heavy atom. The number of imidazole rings is 1. The van der Waals surface area contributed by atoms with Crippen LogP contribution in [0.25, 0.3) is 58.8 Å². The van der Waals surface area contributed by atoms with E-state index in [0.717, 1.165) is 33.8 Å². The third-order valence-electron chi connectivity index (χ3n) is 8.66. The highest BCUT2D eigenvalue weighted by Crippen LogP contribution is 2.45. The molecule has 0 amide bonds. The van der Waals surface area contributed by atoms with E-state index in [-0.39, 0.29) is 0 Å². The van der Waals surface area contributed by atoms with Gasteiger partial charge in [-0.2, -0.15) is 0 Å². The molecule has 0 atom stereocenters. The lowest BCUT2D eigenvalue weighted by molar-refractivity contribution is 1.09. The zero-order valence-electron chi connectivity index (χ0n) is 24.3. The zero-order chi connectivity index (χ0) is 29.7. The van der Waals surface area contributed by atoms with E-state index in [1.165, 1.54) is 42.1 Å². The maximum Gasteiger partial charge on any atom is 0.100 e. The molecule has 0 aliphatic heterocycles. The molecule has 9 rings (SSSR count). The standard InChI is InChI=1S/C41H27N3S/c1-4-12-29(13-5-1)43-27-42-40-37(43)26-36(34-24-25-35-33-18-10-11-19-38(33)45-41(35)39(34)40)28-20-22-32(23-21-28)44(30-14-6-2-7-15-30)31-16-8-3-9-17-31/h1-27H. The van der Waals surface area contributed by atoms with Gasteiger partial charge in [0.2, 0.25) is 0 Å². The summed E-state index contributed by atoms with van der Waals surface area (Å²) >= 11 is 1.86. The minimum absolute atomic E-state index is 1.03. The lowest BCUT2D eigenvalue weighted by Gasteiger charge is -2.25. The molecule has 212 valence electrons. The van der Waals surface area contributed by atoms with Crippen LogP contribution in [-0.2, 0) is 0 Å². The topological polar surface area (TPSA) is 21.1 Å². The van der Waals surface area contributed by atoms with Gasteiger partial charge in [-0.05, 0) is 77.2 Å². The summed E-state index contributed by atoms with van der Waals surface area (Å²) < 4.78 is 4.80. The second kappa shape index (κ2) is 10.5. The Labute approximate surface area is 264 Å². The van der Waals surface area contributed by atoms with Crippen molar-refractivity contribution in [2.45, 2.75) is 0 Å². The van der Waals surface area contributed by atoms with Crippen LogP contribution >= 0.6 is 11.3 Å². The van der Waals surface area contributed by atoms with Crippen LogP contribution < -0.4 is 4.90 Å². The quantitative estimate of drug-likeness (QED) is 0.198. The van der Waals surface area contributed by atoms with Crippen molar-refractivity contribution in [3.63, 3.8) is 0 Å². The normalized spacial score (nSPS) is 11.6. The number of para-hydroxylation sites is 3. The van der Waals surface area contributed by atoms with Crippen LogP contribution in [0, 0.1) is 0 Å². The Morgan fingerprint density at radius 1 is 0.533 bits per heavy atom. The number of hydrogen-bond donors (Lipinski definition) is 0. The molecule has 0 aliphatic rings. The van der Waals surface area contributed by atoms with Gasteiger partial charge in [0.25, 0.3) is 0 Å². The molecule has 0 bridgehead atoms. The van der Waals surface area contributed by atoms with Crippen molar-refractivity contribution in [2.24, 2.45) is 0 Å². The molecule has 4 heteroatoms. The molecule has 2 heterocycles. The number of nitrogens with zero attached hydrogens (tertiary/aromatic N) is 3. The van der Waals surface area contributed by atoms with Gasteiger partial charge in [0, 0.05) is 48.3 Å². The summed E-state index contributed by atoms with van der Waals surface area (Å²) in [5, 5.41) is 5.02. The molecule has 0 unspecified atom stereocenters. The van der Waals surface area contributed by atoms with Gasteiger partial charge in [-0.25, -0.2) is 4.98 Å². The molecular formula is C41H27N3S. The Hall–Kier alpha value is -5.71. The fraction of sp³-hybridized carbons (Fsp3) is 0. The van der Waals surface area contributed by atoms with Crippen molar-refractivity contribution >= 4 is 70.4 Å². The molecule has 45 heavy (non-hydrogen) atoms. The maximum absolute atomic E-state index is 5.05. The van der Waals surface area contributed by atoms with Gasteiger partial charge in [0.15, 0.2) is 0 Å². The highest BCUT2D eigenvalue weighted by Gasteiger charge is 2.19. The second-order valence-electron chi connectivity index (χ2n) is 11.3. The van der Waals surface area contributed by atoms with E-state index in [4.69, 9.17) is 4.98 Å². The second-order valence-corrected chi connectivity index (χ2v) is 12.3. The molecule has 0 aliphatic carbocycles. The van der Waals surface area contributed by atoms with Crippen LogP contribution in [0.15, 0.2) is 164 Å². The SMILES string of the molecule is c1ccc(N(c2ccccc2)c2ccc(-c3cc4c(ncn4-c4ccccc4)c4c3ccc3c5ccccc5sc34)cc2)cc1. The van der Waals surface area contributed by atoms with Crippen LogP contribution in [0.5, 0.6) is 0 Å². The third-order valence-corrected chi connectivity index (χ3v) is 9.86. The van der Waals surface area contributed by atoms with E-state index in [2.05, 4.69) is 167 Å². The predicted octanol–water partition coefficient (Wildman–Crippen LogP) is 11.7. The molecule has 0 radical (unpaired) electrons. The molecule has 0 spiro atoms. The van der Waals surface area contributed by atoms with Crippen LogP contribution in [0.2, 0.25) is 0 Å². The van der Waals surface area contributed by atoms with Crippen LogP contribution in [-0.4, -0.2) is 9.55 Å². The molecule has 2 aromatic heterocycles. The van der Waals surface area contributed by atoms with Crippen molar-refractivity contribution in [3.8, 4) is 16.8 Å². The van der Waals surface area contributed by atoms with Crippen LogP contribution in [0.4, 0.5) is 17.1 Å². The minimum atomic E-state index is 1.03. The summed E-state index contributed by atoms with van der Waals surface area (Å²) in [5.74, 6) is 0. The van der Waals surface area contributed by atoms with Gasteiger partial charge in [-0.15, -0.1) is 11.3 Å². The first-order valence-corrected chi connectivity index (χ1v) is 16.0. The van der Waals surface area contributed by atoms with E-state index >= 15 is 0 Å². The van der Waals surface area contributed by atoms with Gasteiger partial charge in [-0.1, -0.05) is 97.1 Å². The monoisotopic (exact) mass is 593 g/mol. The summed E-state index contributed by atoms with van der Waals surface area (Å²) in [7, 11) is 0. The largest absolute Gasteiger partial charge is 0.311 e.